The summed E-state index contributed by atoms with van der Waals surface area (Å²) in [7, 11) is 4.11. The molecule has 1 rings (SSSR count). The molecule has 1 aromatic rings. The Balaban J connectivity index is 2.20. The Morgan fingerprint density at radius 2 is 2.06 bits per heavy atom. The Kier molecular flexibility index (Phi) is 5.94. The molecule has 0 heterocycles. The van der Waals surface area contributed by atoms with Crippen molar-refractivity contribution in [3.63, 3.8) is 0 Å². The van der Waals surface area contributed by atoms with Crippen molar-refractivity contribution < 1.29 is 9.50 Å². The third kappa shape index (κ3) is 5.15. The minimum absolute atomic E-state index is 0.242. The lowest BCUT2D eigenvalue weighted by molar-refractivity contribution is 0.391. The van der Waals surface area contributed by atoms with Crippen molar-refractivity contribution in [2.45, 2.75) is 19.4 Å². The van der Waals surface area contributed by atoms with Crippen LogP contribution in [0.2, 0.25) is 0 Å². The van der Waals surface area contributed by atoms with E-state index in [1.54, 1.807) is 12.1 Å². The molecular weight excluding hydrogens is 219 g/mol. The van der Waals surface area contributed by atoms with Crippen LogP contribution in [-0.4, -0.2) is 37.2 Å². The van der Waals surface area contributed by atoms with Crippen molar-refractivity contribution in [1.29, 1.82) is 0 Å². The molecule has 0 amide bonds. The van der Waals surface area contributed by atoms with Gasteiger partial charge in [0.25, 0.3) is 0 Å². The molecular formula is C13H21FN2O. The standard InChI is InChI=1S/C13H21FN2O/c1-16(2)9-4-3-8-15-10-11-6-5-7-12(14)13(11)17/h5-7,15,17H,3-4,8-10H2,1-2H3. The van der Waals surface area contributed by atoms with Crippen molar-refractivity contribution in [2.24, 2.45) is 0 Å². The van der Waals surface area contributed by atoms with Gasteiger partial charge in [0.1, 0.15) is 0 Å². The van der Waals surface area contributed by atoms with Gasteiger partial charge < -0.3 is 15.3 Å². The molecule has 0 atom stereocenters. The Morgan fingerprint density at radius 1 is 1.29 bits per heavy atom. The summed E-state index contributed by atoms with van der Waals surface area (Å²) in [5, 5.41) is 12.6. The highest BCUT2D eigenvalue weighted by Crippen LogP contribution is 2.20. The summed E-state index contributed by atoms with van der Waals surface area (Å²) in [6, 6.07) is 4.60. The third-order valence-electron chi connectivity index (χ3n) is 2.59. The summed E-state index contributed by atoms with van der Waals surface area (Å²) in [4.78, 5) is 2.15. The normalized spacial score (nSPS) is 11.1. The second kappa shape index (κ2) is 7.25. The van der Waals surface area contributed by atoms with Gasteiger partial charge in [-0.2, -0.15) is 0 Å². The van der Waals surface area contributed by atoms with Crippen LogP contribution < -0.4 is 5.32 Å². The molecule has 96 valence electrons. The van der Waals surface area contributed by atoms with Gasteiger partial charge in [-0.05, 0) is 46.1 Å². The van der Waals surface area contributed by atoms with E-state index < -0.39 is 5.82 Å². The van der Waals surface area contributed by atoms with Crippen molar-refractivity contribution in [3.05, 3.63) is 29.6 Å². The van der Waals surface area contributed by atoms with Gasteiger partial charge in [0, 0.05) is 12.1 Å². The van der Waals surface area contributed by atoms with E-state index in [0.717, 1.165) is 25.9 Å². The molecule has 3 nitrogen and oxygen atoms in total. The van der Waals surface area contributed by atoms with Crippen molar-refractivity contribution in [2.75, 3.05) is 27.2 Å². The number of phenolic OH excluding ortho intramolecular Hbond substituents is 1. The van der Waals surface area contributed by atoms with Crippen LogP contribution in [0.3, 0.4) is 0 Å². The van der Waals surface area contributed by atoms with Crippen LogP contribution in [0, 0.1) is 5.82 Å². The monoisotopic (exact) mass is 240 g/mol. The van der Waals surface area contributed by atoms with Gasteiger partial charge >= 0.3 is 0 Å². The van der Waals surface area contributed by atoms with Crippen molar-refractivity contribution >= 4 is 0 Å². The third-order valence-corrected chi connectivity index (χ3v) is 2.59. The molecule has 17 heavy (non-hydrogen) atoms. The van der Waals surface area contributed by atoms with Gasteiger partial charge in [-0.15, -0.1) is 0 Å². The predicted molar refractivity (Wildman–Crippen MR) is 67.6 cm³/mol. The zero-order chi connectivity index (χ0) is 12.7. The molecule has 0 saturated heterocycles. The number of benzene rings is 1. The smallest absolute Gasteiger partial charge is 0.165 e. The van der Waals surface area contributed by atoms with E-state index in [1.165, 1.54) is 6.07 Å². The maximum absolute atomic E-state index is 13.0. The molecule has 0 aliphatic rings. The van der Waals surface area contributed by atoms with Crippen LogP contribution in [0.15, 0.2) is 18.2 Å². The summed E-state index contributed by atoms with van der Waals surface area (Å²) >= 11 is 0. The van der Waals surface area contributed by atoms with Crippen LogP contribution in [-0.2, 0) is 6.54 Å². The summed E-state index contributed by atoms with van der Waals surface area (Å²) in [5.41, 5.74) is 0.609. The molecule has 4 heteroatoms. The molecule has 1 aromatic carbocycles. The molecule has 0 aliphatic heterocycles. The molecule has 0 saturated carbocycles. The number of nitrogens with zero attached hydrogens (tertiary/aromatic N) is 1. The first-order valence-corrected chi connectivity index (χ1v) is 5.93. The highest BCUT2D eigenvalue weighted by atomic mass is 19.1. The zero-order valence-electron chi connectivity index (χ0n) is 10.5. The van der Waals surface area contributed by atoms with E-state index >= 15 is 0 Å². The zero-order valence-corrected chi connectivity index (χ0v) is 10.5. The van der Waals surface area contributed by atoms with E-state index in [1.807, 2.05) is 0 Å². The van der Waals surface area contributed by atoms with Crippen molar-refractivity contribution in [3.8, 4) is 5.75 Å². The maximum atomic E-state index is 13.0. The number of aromatic hydroxyl groups is 1. The quantitative estimate of drug-likeness (QED) is 0.715. The van der Waals surface area contributed by atoms with Gasteiger partial charge in [-0.3, -0.25) is 0 Å². The fraction of sp³-hybridized carbons (Fsp3) is 0.538. The first-order chi connectivity index (χ1) is 8.11. The minimum Gasteiger partial charge on any atom is -0.505 e. The second-order valence-corrected chi connectivity index (χ2v) is 4.43. The Morgan fingerprint density at radius 3 is 2.76 bits per heavy atom. The van der Waals surface area contributed by atoms with E-state index in [9.17, 15) is 9.50 Å². The summed E-state index contributed by atoms with van der Waals surface area (Å²) in [6.45, 7) is 2.46. The SMILES string of the molecule is CN(C)CCCCNCc1cccc(F)c1O. The Labute approximate surface area is 102 Å². The number of unbranched alkanes of at least 4 members (excludes halogenated alkanes) is 1. The number of nitrogens with one attached hydrogen (secondary N) is 1. The summed E-state index contributed by atoms with van der Waals surface area (Å²) in [6.07, 6.45) is 2.21. The first kappa shape index (κ1) is 13.9. The predicted octanol–water partition coefficient (Wildman–Crippen LogP) is 1.96. The average molecular weight is 240 g/mol. The number of hydrogen-bond acceptors (Lipinski definition) is 3. The number of rotatable bonds is 7. The molecule has 0 aliphatic carbocycles. The maximum Gasteiger partial charge on any atom is 0.165 e. The van der Waals surface area contributed by atoms with Crippen molar-refractivity contribution in [1.82, 2.24) is 10.2 Å². The highest BCUT2D eigenvalue weighted by molar-refractivity contribution is 5.33. The highest BCUT2D eigenvalue weighted by Gasteiger charge is 2.05. The second-order valence-electron chi connectivity index (χ2n) is 4.43. The van der Waals surface area contributed by atoms with Crippen LogP contribution in [0.5, 0.6) is 5.75 Å². The lowest BCUT2D eigenvalue weighted by Gasteiger charge is -2.10. The van der Waals surface area contributed by atoms with Gasteiger partial charge in [-0.25, -0.2) is 4.39 Å². The molecule has 2 N–H and O–H groups in total. The largest absolute Gasteiger partial charge is 0.505 e. The molecule has 0 aromatic heterocycles. The first-order valence-electron chi connectivity index (χ1n) is 5.93. The fourth-order valence-corrected chi connectivity index (χ4v) is 1.60. The molecule has 0 unspecified atom stereocenters. The van der Waals surface area contributed by atoms with Crippen LogP contribution in [0.25, 0.3) is 0 Å². The van der Waals surface area contributed by atoms with Crippen LogP contribution in [0.4, 0.5) is 4.39 Å². The lowest BCUT2D eigenvalue weighted by Crippen LogP contribution is -2.18. The van der Waals surface area contributed by atoms with E-state index in [0.29, 0.717) is 12.1 Å². The van der Waals surface area contributed by atoms with Gasteiger partial charge in [-0.1, -0.05) is 12.1 Å². The van der Waals surface area contributed by atoms with Gasteiger partial charge in [0.15, 0.2) is 11.6 Å². The van der Waals surface area contributed by atoms with Gasteiger partial charge in [0.05, 0.1) is 0 Å². The van der Waals surface area contributed by atoms with Crippen LogP contribution in [0.1, 0.15) is 18.4 Å². The number of halogens is 1. The lowest BCUT2D eigenvalue weighted by atomic mass is 10.2. The number of para-hydroxylation sites is 1. The van der Waals surface area contributed by atoms with E-state index in [4.69, 9.17) is 0 Å². The van der Waals surface area contributed by atoms with E-state index in [2.05, 4.69) is 24.3 Å². The van der Waals surface area contributed by atoms with Crippen LogP contribution >= 0.6 is 0 Å². The Hall–Kier alpha value is -1.13. The number of hydrogen-bond donors (Lipinski definition) is 2. The summed E-state index contributed by atoms with van der Waals surface area (Å²) < 4.78 is 13.0. The molecule has 0 spiro atoms. The summed E-state index contributed by atoms with van der Waals surface area (Å²) in [5.74, 6) is -0.801. The van der Waals surface area contributed by atoms with Gasteiger partial charge in [0.2, 0.25) is 0 Å². The topological polar surface area (TPSA) is 35.5 Å². The molecule has 0 radical (unpaired) electrons. The fourth-order valence-electron chi connectivity index (χ4n) is 1.60. The van der Waals surface area contributed by atoms with E-state index in [-0.39, 0.29) is 5.75 Å². The Bertz CT molecular complexity index is 342. The molecule has 0 bridgehead atoms. The minimum atomic E-state index is -0.558. The average Bonchev–Trinajstić information content (AvgIpc) is 2.28. The number of phenols is 1. The molecule has 0 fully saturated rings.